The number of aliphatic carboxylic acids is 1. The van der Waals surface area contributed by atoms with Gasteiger partial charge in [-0.05, 0) is 13.3 Å². The molecule has 0 fully saturated rings. The van der Waals surface area contributed by atoms with Gasteiger partial charge in [0, 0.05) is 19.5 Å². The van der Waals surface area contributed by atoms with Gasteiger partial charge in [-0.25, -0.2) is 9.59 Å². The molecule has 5 heteroatoms. The molecule has 0 aliphatic heterocycles. The molecule has 2 unspecified atom stereocenters. The highest BCUT2D eigenvalue weighted by Gasteiger charge is 2.25. The molecule has 2 atom stereocenters. The van der Waals surface area contributed by atoms with E-state index in [0.29, 0.717) is 12.8 Å². The summed E-state index contributed by atoms with van der Waals surface area (Å²) in [6, 6.07) is -1.39. The Balaban J connectivity index is 4.38. The van der Waals surface area contributed by atoms with E-state index in [1.54, 1.807) is 13.8 Å². The number of carboxylic acid groups (broad SMARTS) is 1. The van der Waals surface area contributed by atoms with Gasteiger partial charge in [0.2, 0.25) is 0 Å². The number of hydrogen-bond donors (Lipinski definition) is 2. The van der Waals surface area contributed by atoms with Gasteiger partial charge in [0.25, 0.3) is 0 Å². The van der Waals surface area contributed by atoms with Gasteiger partial charge < -0.3 is 15.3 Å². The van der Waals surface area contributed by atoms with Crippen molar-refractivity contribution in [3.05, 3.63) is 0 Å². The van der Waals surface area contributed by atoms with Crippen LogP contribution >= 0.6 is 0 Å². The zero-order valence-corrected chi connectivity index (χ0v) is 9.86. The summed E-state index contributed by atoms with van der Waals surface area (Å²) in [5.41, 5.74) is 0. The normalized spacial score (nSPS) is 13.4. The van der Waals surface area contributed by atoms with Gasteiger partial charge >= 0.3 is 12.0 Å². The second kappa shape index (κ2) is 6.72. The molecule has 2 amide bonds. The van der Waals surface area contributed by atoms with Gasteiger partial charge in [0.05, 0.1) is 0 Å². The van der Waals surface area contributed by atoms with Crippen molar-refractivity contribution in [2.75, 3.05) is 7.05 Å². The van der Waals surface area contributed by atoms with Crippen LogP contribution in [0.4, 0.5) is 4.79 Å². The van der Waals surface area contributed by atoms with E-state index >= 15 is 0 Å². The minimum Gasteiger partial charge on any atom is -0.480 e. The Labute approximate surface area is 95.8 Å². The molecule has 16 heavy (non-hydrogen) atoms. The summed E-state index contributed by atoms with van der Waals surface area (Å²) in [5, 5.41) is 11.5. The lowest BCUT2D eigenvalue weighted by Gasteiger charge is -2.25. The van der Waals surface area contributed by atoms with Crippen molar-refractivity contribution >= 4 is 12.0 Å². The lowest BCUT2D eigenvalue weighted by atomic mass is 10.2. The molecule has 0 bridgehead atoms. The van der Waals surface area contributed by atoms with Gasteiger partial charge in [0.1, 0.15) is 6.04 Å². The number of terminal acetylenes is 1. The second-order valence-electron chi connectivity index (χ2n) is 3.63. The summed E-state index contributed by atoms with van der Waals surface area (Å²) >= 11 is 0. The molecule has 0 radical (unpaired) electrons. The van der Waals surface area contributed by atoms with Gasteiger partial charge in [-0.2, -0.15) is 0 Å². The second-order valence-corrected chi connectivity index (χ2v) is 3.63. The van der Waals surface area contributed by atoms with Crippen molar-refractivity contribution in [2.45, 2.75) is 38.8 Å². The van der Waals surface area contributed by atoms with Crippen molar-refractivity contribution in [3.63, 3.8) is 0 Å². The van der Waals surface area contributed by atoms with Crippen molar-refractivity contribution in [1.82, 2.24) is 10.2 Å². The van der Waals surface area contributed by atoms with Gasteiger partial charge in [0.15, 0.2) is 0 Å². The molecule has 0 saturated carbocycles. The molecule has 5 nitrogen and oxygen atoms in total. The fourth-order valence-electron chi connectivity index (χ4n) is 1.30. The third kappa shape index (κ3) is 4.22. The molecule has 0 aliphatic rings. The molecule has 0 saturated heterocycles. The number of carboxylic acids is 1. The SMILES string of the molecule is C#CCC(C)NC(=O)N(C)C(CC)C(=O)O. The number of nitrogens with one attached hydrogen (secondary N) is 1. The number of likely N-dealkylation sites (N-methyl/N-ethyl adjacent to an activating group) is 1. The summed E-state index contributed by atoms with van der Waals surface area (Å²) < 4.78 is 0. The highest BCUT2D eigenvalue weighted by atomic mass is 16.4. The molecule has 0 rings (SSSR count). The number of amides is 2. The molecule has 0 heterocycles. The van der Waals surface area contributed by atoms with E-state index in [1.165, 1.54) is 11.9 Å². The van der Waals surface area contributed by atoms with Crippen LogP contribution in [0.2, 0.25) is 0 Å². The van der Waals surface area contributed by atoms with Crippen molar-refractivity contribution in [3.8, 4) is 12.3 Å². The third-order valence-electron chi connectivity index (χ3n) is 2.25. The van der Waals surface area contributed by atoms with Crippen LogP contribution < -0.4 is 5.32 Å². The molecule has 2 N–H and O–H groups in total. The Bertz CT molecular complexity index is 296. The average Bonchev–Trinajstić information content (AvgIpc) is 2.18. The molecule has 0 aromatic carbocycles. The van der Waals surface area contributed by atoms with Crippen LogP contribution in [0.5, 0.6) is 0 Å². The van der Waals surface area contributed by atoms with Gasteiger partial charge in [-0.3, -0.25) is 0 Å². The van der Waals surface area contributed by atoms with Crippen LogP contribution in [0, 0.1) is 12.3 Å². The summed E-state index contributed by atoms with van der Waals surface area (Å²) in [4.78, 5) is 23.6. The molecule has 0 aromatic heterocycles. The first kappa shape index (κ1) is 14.3. The predicted molar refractivity (Wildman–Crippen MR) is 60.9 cm³/mol. The molecule has 0 aromatic rings. The fourth-order valence-corrected chi connectivity index (χ4v) is 1.30. The molecular formula is C11H18N2O3. The Morgan fingerprint density at radius 1 is 1.56 bits per heavy atom. The summed E-state index contributed by atoms with van der Waals surface area (Å²) in [6.45, 7) is 3.49. The van der Waals surface area contributed by atoms with E-state index in [9.17, 15) is 9.59 Å². The highest BCUT2D eigenvalue weighted by molar-refractivity contribution is 5.82. The first-order chi connectivity index (χ1) is 7.43. The van der Waals surface area contributed by atoms with E-state index in [0.717, 1.165) is 0 Å². The summed E-state index contributed by atoms with van der Waals surface area (Å²) in [7, 11) is 1.46. The van der Waals surface area contributed by atoms with Gasteiger partial charge in [-0.1, -0.05) is 6.92 Å². The molecule has 0 spiro atoms. The van der Waals surface area contributed by atoms with E-state index in [1.807, 2.05) is 0 Å². The van der Waals surface area contributed by atoms with Crippen molar-refractivity contribution < 1.29 is 14.7 Å². The van der Waals surface area contributed by atoms with Crippen LogP contribution in [0.15, 0.2) is 0 Å². The Kier molecular flexibility index (Phi) is 6.01. The van der Waals surface area contributed by atoms with Crippen LogP contribution in [-0.4, -0.2) is 41.1 Å². The Morgan fingerprint density at radius 3 is 2.50 bits per heavy atom. The molecule has 0 aliphatic carbocycles. The summed E-state index contributed by atoms with van der Waals surface area (Å²) in [6.07, 6.45) is 5.89. The van der Waals surface area contributed by atoms with Crippen LogP contribution in [0.1, 0.15) is 26.7 Å². The third-order valence-corrected chi connectivity index (χ3v) is 2.25. The monoisotopic (exact) mass is 226 g/mol. The van der Waals surface area contributed by atoms with Crippen molar-refractivity contribution in [2.24, 2.45) is 0 Å². The van der Waals surface area contributed by atoms with Gasteiger partial charge in [-0.15, -0.1) is 12.3 Å². The number of rotatable bonds is 5. The van der Waals surface area contributed by atoms with E-state index in [-0.39, 0.29) is 6.04 Å². The highest BCUT2D eigenvalue weighted by Crippen LogP contribution is 2.03. The number of carbonyl (C=O) groups excluding carboxylic acids is 1. The zero-order valence-electron chi connectivity index (χ0n) is 9.86. The van der Waals surface area contributed by atoms with Crippen LogP contribution in [0.25, 0.3) is 0 Å². The maximum absolute atomic E-state index is 11.6. The Hall–Kier alpha value is -1.70. The molecular weight excluding hydrogens is 208 g/mol. The number of urea groups is 1. The number of carbonyl (C=O) groups is 2. The topological polar surface area (TPSA) is 69.6 Å². The minimum atomic E-state index is -1.01. The predicted octanol–water partition coefficient (Wildman–Crippen LogP) is 0.903. The fraction of sp³-hybridized carbons (Fsp3) is 0.636. The Morgan fingerprint density at radius 2 is 2.12 bits per heavy atom. The first-order valence-corrected chi connectivity index (χ1v) is 5.13. The quantitative estimate of drug-likeness (QED) is 0.684. The largest absolute Gasteiger partial charge is 0.480 e. The van der Waals surface area contributed by atoms with E-state index in [4.69, 9.17) is 11.5 Å². The first-order valence-electron chi connectivity index (χ1n) is 5.13. The molecule has 90 valence electrons. The van der Waals surface area contributed by atoms with Crippen molar-refractivity contribution in [1.29, 1.82) is 0 Å². The number of hydrogen-bond acceptors (Lipinski definition) is 2. The maximum Gasteiger partial charge on any atom is 0.326 e. The zero-order chi connectivity index (χ0) is 12.7. The van der Waals surface area contributed by atoms with E-state index < -0.39 is 18.0 Å². The van der Waals surface area contributed by atoms with E-state index in [2.05, 4.69) is 11.2 Å². The summed E-state index contributed by atoms with van der Waals surface area (Å²) in [5.74, 6) is 1.42. The van der Waals surface area contributed by atoms with Crippen LogP contribution in [-0.2, 0) is 4.79 Å². The lowest BCUT2D eigenvalue weighted by molar-refractivity contribution is -0.141. The lowest BCUT2D eigenvalue weighted by Crippen LogP contribution is -2.49. The maximum atomic E-state index is 11.6. The average molecular weight is 226 g/mol. The number of nitrogens with zero attached hydrogens (tertiary/aromatic N) is 1. The standard InChI is InChI=1S/C11H18N2O3/c1-5-7-8(3)12-11(16)13(4)9(6-2)10(14)15/h1,8-9H,6-7H2,2-4H3,(H,12,16)(H,14,15). The minimum absolute atomic E-state index is 0.161. The smallest absolute Gasteiger partial charge is 0.326 e. The van der Waals surface area contributed by atoms with Crippen LogP contribution in [0.3, 0.4) is 0 Å².